The highest BCUT2D eigenvalue weighted by atomic mass is 16.5. The van der Waals surface area contributed by atoms with Crippen molar-refractivity contribution in [3.05, 3.63) is 48.5 Å². The smallest absolute Gasteiger partial charge is 0.251 e. The molecule has 0 spiro atoms. The van der Waals surface area contributed by atoms with E-state index < -0.39 is 0 Å². The minimum Gasteiger partial charge on any atom is -0.381 e. The molecule has 0 atom stereocenters. The van der Waals surface area contributed by atoms with Gasteiger partial charge in [-0.15, -0.1) is 0 Å². The third-order valence-electron chi connectivity index (χ3n) is 4.71. The van der Waals surface area contributed by atoms with Crippen molar-refractivity contribution in [2.24, 2.45) is 0 Å². The number of carbonyl (C=O) groups is 1. The number of methoxy groups -OCH3 is 1. The quantitative estimate of drug-likeness (QED) is 0.785. The van der Waals surface area contributed by atoms with Crippen LogP contribution in [-0.4, -0.2) is 48.3 Å². The summed E-state index contributed by atoms with van der Waals surface area (Å²) in [5.41, 5.74) is 1.88. The Kier molecular flexibility index (Phi) is 6.06. The Bertz CT molecular complexity index is 647. The van der Waals surface area contributed by atoms with Crippen molar-refractivity contribution in [2.45, 2.75) is 31.9 Å². The number of benzene rings is 1. The predicted molar refractivity (Wildman–Crippen MR) is 97.9 cm³/mol. The summed E-state index contributed by atoms with van der Waals surface area (Å²) < 4.78 is 7.42. The lowest BCUT2D eigenvalue weighted by atomic mass is 10.1. The largest absolute Gasteiger partial charge is 0.381 e. The summed E-state index contributed by atoms with van der Waals surface area (Å²) in [7, 11) is 1.78. The average Bonchev–Trinajstić information content (AvgIpc) is 3.19. The van der Waals surface area contributed by atoms with Crippen LogP contribution in [0.25, 0.3) is 0 Å². The molecule has 6 heteroatoms. The van der Waals surface area contributed by atoms with Crippen LogP contribution in [0.1, 0.15) is 29.6 Å². The monoisotopic (exact) mass is 342 g/mol. The molecule has 1 aliphatic heterocycles. The fraction of sp³-hybridized carbons (Fsp3) is 0.474. The molecule has 0 unspecified atom stereocenters. The molecule has 1 saturated heterocycles. The van der Waals surface area contributed by atoms with E-state index in [0.717, 1.165) is 38.9 Å². The van der Waals surface area contributed by atoms with Gasteiger partial charge >= 0.3 is 0 Å². The minimum absolute atomic E-state index is 0.0183. The standard InChI is InChI=1S/C19H26N4O2/c1-25-18-7-12-23(13-8-18)17-5-3-16(4-6-17)19(24)21-9-2-11-22-14-10-20-15-22/h3-6,10,14-15,18H,2,7-9,11-13H2,1H3,(H,21,24). The molecule has 0 radical (unpaired) electrons. The zero-order valence-electron chi connectivity index (χ0n) is 14.7. The first-order valence-corrected chi connectivity index (χ1v) is 8.88. The van der Waals surface area contributed by atoms with Crippen LogP contribution in [-0.2, 0) is 11.3 Å². The number of rotatable bonds is 7. The van der Waals surface area contributed by atoms with Crippen LogP contribution in [0.5, 0.6) is 0 Å². The van der Waals surface area contributed by atoms with Gasteiger partial charge in [0.15, 0.2) is 0 Å². The average molecular weight is 342 g/mol. The van der Waals surface area contributed by atoms with Gasteiger partial charge in [0, 0.05) is 56.9 Å². The van der Waals surface area contributed by atoms with Crippen LogP contribution in [0.2, 0.25) is 0 Å². The maximum absolute atomic E-state index is 12.2. The van der Waals surface area contributed by atoms with E-state index in [1.54, 1.807) is 19.6 Å². The number of nitrogens with one attached hydrogen (secondary N) is 1. The number of hydrogen-bond donors (Lipinski definition) is 1. The summed E-state index contributed by atoms with van der Waals surface area (Å²) in [6, 6.07) is 7.88. The number of anilines is 1. The third-order valence-corrected chi connectivity index (χ3v) is 4.71. The van der Waals surface area contributed by atoms with Gasteiger partial charge in [-0.25, -0.2) is 4.98 Å². The number of carbonyl (C=O) groups excluding carboxylic acids is 1. The first-order chi connectivity index (χ1) is 12.3. The van der Waals surface area contributed by atoms with Gasteiger partial charge in [0.05, 0.1) is 12.4 Å². The molecule has 0 bridgehead atoms. The number of amides is 1. The van der Waals surface area contributed by atoms with Gasteiger partial charge in [0.25, 0.3) is 5.91 Å². The Morgan fingerprint density at radius 3 is 2.68 bits per heavy atom. The van der Waals surface area contributed by atoms with Crippen molar-refractivity contribution in [3.63, 3.8) is 0 Å². The molecule has 1 aliphatic rings. The lowest BCUT2D eigenvalue weighted by Crippen LogP contribution is -2.36. The highest BCUT2D eigenvalue weighted by Gasteiger charge is 2.19. The molecule has 1 fully saturated rings. The molecule has 25 heavy (non-hydrogen) atoms. The van der Waals surface area contributed by atoms with Gasteiger partial charge in [-0.1, -0.05) is 0 Å². The fourth-order valence-corrected chi connectivity index (χ4v) is 3.16. The first kappa shape index (κ1) is 17.5. The number of aromatic nitrogens is 2. The Morgan fingerprint density at radius 1 is 1.28 bits per heavy atom. The number of piperidine rings is 1. The summed E-state index contributed by atoms with van der Waals surface area (Å²) in [6.45, 7) is 3.51. The van der Waals surface area contributed by atoms with Crippen LogP contribution in [0.15, 0.2) is 43.0 Å². The molecule has 1 amide bonds. The number of hydrogen-bond acceptors (Lipinski definition) is 4. The van der Waals surface area contributed by atoms with Crippen molar-refractivity contribution in [2.75, 3.05) is 31.6 Å². The van der Waals surface area contributed by atoms with Crippen LogP contribution >= 0.6 is 0 Å². The second-order valence-electron chi connectivity index (χ2n) is 6.38. The molecule has 0 aliphatic carbocycles. The van der Waals surface area contributed by atoms with Crippen molar-refractivity contribution < 1.29 is 9.53 Å². The Balaban J connectivity index is 1.44. The number of ether oxygens (including phenoxy) is 1. The Morgan fingerprint density at radius 2 is 2.04 bits per heavy atom. The lowest BCUT2D eigenvalue weighted by Gasteiger charge is -2.33. The predicted octanol–water partition coefficient (Wildman–Crippen LogP) is 2.32. The highest BCUT2D eigenvalue weighted by Crippen LogP contribution is 2.21. The Hall–Kier alpha value is -2.34. The molecular weight excluding hydrogens is 316 g/mol. The molecule has 2 aromatic rings. The second kappa shape index (κ2) is 8.67. The molecule has 3 rings (SSSR count). The minimum atomic E-state index is -0.0183. The van der Waals surface area contributed by atoms with Gasteiger partial charge in [-0.05, 0) is 43.5 Å². The molecule has 134 valence electrons. The van der Waals surface area contributed by atoms with Crippen molar-refractivity contribution >= 4 is 11.6 Å². The molecule has 1 aromatic carbocycles. The van der Waals surface area contributed by atoms with Gasteiger partial charge in [0.1, 0.15) is 0 Å². The number of nitrogens with zero attached hydrogens (tertiary/aromatic N) is 3. The third kappa shape index (κ3) is 4.82. The van der Waals surface area contributed by atoms with E-state index in [2.05, 4.69) is 15.2 Å². The van der Waals surface area contributed by atoms with Gasteiger partial charge < -0.3 is 19.5 Å². The van der Waals surface area contributed by atoms with Crippen molar-refractivity contribution in [1.29, 1.82) is 0 Å². The summed E-state index contributed by atoms with van der Waals surface area (Å²) >= 11 is 0. The second-order valence-corrected chi connectivity index (χ2v) is 6.38. The van der Waals surface area contributed by atoms with Crippen molar-refractivity contribution in [1.82, 2.24) is 14.9 Å². The van der Waals surface area contributed by atoms with E-state index in [4.69, 9.17) is 4.74 Å². The topological polar surface area (TPSA) is 59.4 Å². The highest BCUT2D eigenvalue weighted by molar-refractivity contribution is 5.94. The Labute approximate surface area is 148 Å². The molecular formula is C19H26N4O2. The van der Waals surface area contributed by atoms with E-state index in [-0.39, 0.29) is 5.91 Å². The van der Waals surface area contributed by atoms with Gasteiger partial charge in [0.2, 0.25) is 0 Å². The van der Waals surface area contributed by atoms with Crippen LogP contribution < -0.4 is 10.2 Å². The van der Waals surface area contributed by atoms with E-state index in [9.17, 15) is 4.79 Å². The van der Waals surface area contributed by atoms with Crippen LogP contribution in [0.3, 0.4) is 0 Å². The lowest BCUT2D eigenvalue weighted by molar-refractivity contribution is 0.0819. The van der Waals surface area contributed by atoms with Crippen LogP contribution in [0, 0.1) is 0 Å². The summed E-state index contributed by atoms with van der Waals surface area (Å²) in [6.07, 6.45) is 8.84. The molecule has 0 saturated carbocycles. The van der Waals surface area contributed by atoms with Crippen molar-refractivity contribution in [3.8, 4) is 0 Å². The zero-order valence-corrected chi connectivity index (χ0v) is 14.7. The number of imidazole rings is 1. The van der Waals surface area contributed by atoms with Crippen LogP contribution in [0.4, 0.5) is 5.69 Å². The fourth-order valence-electron chi connectivity index (χ4n) is 3.16. The molecule has 2 heterocycles. The summed E-state index contributed by atoms with van der Waals surface area (Å²) in [5.74, 6) is -0.0183. The molecule has 6 nitrogen and oxygen atoms in total. The van der Waals surface area contributed by atoms with Gasteiger partial charge in [-0.2, -0.15) is 0 Å². The zero-order chi connectivity index (χ0) is 17.5. The number of aryl methyl sites for hydroxylation is 1. The summed E-state index contributed by atoms with van der Waals surface area (Å²) in [5, 5.41) is 2.97. The van der Waals surface area contributed by atoms with E-state index in [1.807, 2.05) is 35.0 Å². The van der Waals surface area contributed by atoms with E-state index in [0.29, 0.717) is 18.2 Å². The van der Waals surface area contributed by atoms with E-state index in [1.165, 1.54) is 5.69 Å². The normalized spacial score (nSPS) is 15.3. The SMILES string of the molecule is COC1CCN(c2ccc(C(=O)NCCCn3ccnc3)cc2)CC1. The van der Waals surface area contributed by atoms with Gasteiger partial charge in [-0.3, -0.25) is 4.79 Å². The molecule has 1 N–H and O–H groups in total. The first-order valence-electron chi connectivity index (χ1n) is 8.88. The van der Waals surface area contributed by atoms with E-state index >= 15 is 0 Å². The molecule has 1 aromatic heterocycles. The maximum atomic E-state index is 12.2. The summed E-state index contributed by atoms with van der Waals surface area (Å²) in [4.78, 5) is 18.6. The maximum Gasteiger partial charge on any atom is 0.251 e.